The fraction of sp³-hybridized carbons (Fsp3) is 0.724. The summed E-state index contributed by atoms with van der Waals surface area (Å²) in [5, 5.41) is 9.91. The molecule has 1 aromatic rings. The van der Waals surface area contributed by atoms with Crippen molar-refractivity contribution >= 4 is 11.8 Å². The Kier molecular flexibility index (Phi) is 7.78. The molecule has 3 N–H and O–H groups in total. The van der Waals surface area contributed by atoms with Gasteiger partial charge < -0.3 is 15.7 Å². The molecular weight excluding hydrogens is 438 g/mol. The fourth-order valence-corrected chi connectivity index (χ4v) is 7.47. The molecule has 6 heteroatoms. The lowest BCUT2D eigenvalue weighted by molar-refractivity contribution is -0.138. The number of aliphatic hydroxyl groups excluding tert-OH is 1. The first kappa shape index (κ1) is 24.8. The highest BCUT2D eigenvalue weighted by Crippen LogP contribution is 2.43. The van der Waals surface area contributed by atoms with Crippen LogP contribution in [0.4, 0.5) is 0 Å². The normalized spacial score (nSPS) is 31.5. The van der Waals surface area contributed by atoms with E-state index >= 15 is 0 Å². The quantitative estimate of drug-likeness (QED) is 0.586. The first-order valence-corrected chi connectivity index (χ1v) is 14.1. The van der Waals surface area contributed by atoms with Gasteiger partial charge in [-0.1, -0.05) is 25.0 Å². The molecule has 3 atom stereocenters. The van der Waals surface area contributed by atoms with Crippen LogP contribution < -0.4 is 5.73 Å². The summed E-state index contributed by atoms with van der Waals surface area (Å²) in [6, 6.07) is 9.02. The van der Waals surface area contributed by atoms with Crippen LogP contribution in [0.3, 0.4) is 0 Å². The van der Waals surface area contributed by atoms with Crippen molar-refractivity contribution in [1.82, 2.24) is 9.80 Å². The first-order valence-electron chi connectivity index (χ1n) is 14.1. The molecule has 2 bridgehead atoms. The van der Waals surface area contributed by atoms with E-state index in [0.29, 0.717) is 35.4 Å². The van der Waals surface area contributed by atoms with Crippen molar-refractivity contribution in [3.63, 3.8) is 0 Å². The van der Waals surface area contributed by atoms with E-state index in [2.05, 4.69) is 15.9 Å². The molecule has 1 unspecified atom stereocenters. The zero-order valence-corrected chi connectivity index (χ0v) is 21.1. The Bertz CT molecular complexity index is 877. The molecule has 2 saturated heterocycles. The van der Waals surface area contributed by atoms with Crippen molar-refractivity contribution < 1.29 is 14.7 Å². The number of carbonyl (C=O) groups excluding carboxylic acids is 2. The highest BCUT2D eigenvalue weighted by molar-refractivity contribution is 5.92. The second-order valence-electron chi connectivity index (χ2n) is 11.7. The summed E-state index contributed by atoms with van der Waals surface area (Å²) < 4.78 is 0. The summed E-state index contributed by atoms with van der Waals surface area (Å²) in [6.45, 7) is 2.73. The minimum absolute atomic E-state index is 0.0970. The van der Waals surface area contributed by atoms with Crippen molar-refractivity contribution in [1.29, 1.82) is 0 Å². The summed E-state index contributed by atoms with van der Waals surface area (Å²) in [5.74, 6) is 1.22. The molecule has 1 aromatic carbocycles. The van der Waals surface area contributed by atoms with Crippen LogP contribution >= 0.6 is 0 Å². The van der Waals surface area contributed by atoms with E-state index in [1.54, 1.807) is 6.07 Å². The van der Waals surface area contributed by atoms with Gasteiger partial charge in [0.1, 0.15) is 0 Å². The largest absolute Gasteiger partial charge is 0.393 e. The smallest absolute Gasteiger partial charge is 0.248 e. The predicted octanol–water partition coefficient (Wildman–Crippen LogP) is 4.07. The van der Waals surface area contributed by atoms with Crippen LogP contribution in [0.15, 0.2) is 24.3 Å². The highest BCUT2D eigenvalue weighted by atomic mass is 16.3. The fourth-order valence-electron chi connectivity index (χ4n) is 7.47. The number of rotatable bonds is 8. The summed E-state index contributed by atoms with van der Waals surface area (Å²) in [6.07, 6.45) is 12.8. The molecule has 5 rings (SSSR count). The molecule has 2 aliphatic carbocycles. The second kappa shape index (κ2) is 11.0. The third-order valence-corrected chi connectivity index (χ3v) is 9.47. The minimum atomic E-state index is -0.355. The standard InChI is InChI=1S/C29H43N3O3/c30-28(34)23-7-3-6-22(16-23)24-17-25-10-11-26(18-24)32(25)15-14-31(19-20-4-1-2-5-20)29(35)21-8-12-27(33)13-9-21/h3,6-7,16,20-21,24-27,33H,1-2,4-5,8-15,17-19H2,(H2,30,34)/t21?,24?,25-,26+,27?. The Morgan fingerprint density at radius 3 is 2.31 bits per heavy atom. The number of carbonyl (C=O) groups is 2. The average molecular weight is 482 g/mol. The monoisotopic (exact) mass is 481 g/mol. The van der Waals surface area contributed by atoms with Gasteiger partial charge in [0, 0.05) is 43.2 Å². The van der Waals surface area contributed by atoms with Gasteiger partial charge in [-0.05, 0) is 93.7 Å². The molecule has 2 aliphatic heterocycles. The van der Waals surface area contributed by atoms with Crippen LogP contribution in [-0.2, 0) is 4.79 Å². The third kappa shape index (κ3) is 5.75. The van der Waals surface area contributed by atoms with Crippen LogP contribution in [-0.4, -0.2) is 64.5 Å². The topological polar surface area (TPSA) is 86.9 Å². The molecule has 0 aromatic heterocycles. The number of fused-ring (bicyclic) bond motifs is 2. The molecule has 2 amide bonds. The zero-order valence-electron chi connectivity index (χ0n) is 21.1. The highest BCUT2D eigenvalue weighted by Gasteiger charge is 2.41. The van der Waals surface area contributed by atoms with Crippen LogP contribution in [0, 0.1) is 11.8 Å². The first-order chi connectivity index (χ1) is 17.0. The summed E-state index contributed by atoms with van der Waals surface area (Å²) in [5.41, 5.74) is 7.37. The van der Waals surface area contributed by atoms with E-state index in [0.717, 1.165) is 58.2 Å². The van der Waals surface area contributed by atoms with Crippen molar-refractivity contribution in [2.24, 2.45) is 17.6 Å². The number of hydrogen-bond donors (Lipinski definition) is 2. The third-order valence-electron chi connectivity index (χ3n) is 9.47. The van der Waals surface area contributed by atoms with Gasteiger partial charge >= 0.3 is 0 Å². The molecule has 2 saturated carbocycles. The van der Waals surface area contributed by atoms with Gasteiger partial charge in [-0.3, -0.25) is 14.5 Å². The zero-order chi connectivity index (χ0) is 24.4. The SMILES string of the molecule is NC(=O)c1cccc(C2C[C@H]3CC[C@@H](C2)N3CCN(CC2CCCC2)C(=O)C2CCC(O)CC2)c1. The van der Waals surface area contributed by atoms with Crippen LogP contribution in [0.25, 0.3) is 0 Å². The van der Waals surface area contributed by atoms with Crippen LogP contribution in [0.5, 0.6) is 0 Å². The molecule has 35 heavy (non-hydrogen) atoms. The minimum Gasteiger partial charge on any atom is -0.393 e. The lowest BCUT2D eigenvalue weighted by Gasteiger charge is -2.41. The molecule has 0 radical (unpaired) electrons. The summed E-state index contributed by atoms with van der Waals surface area (Å²) in [4.78, 5) is 30.1. The van der Waals surface area contributed by atoms with Crippen molar-refractivity contribution in [3.05, 3.63) is 35.4 Å². The number of benzene rings is 1. The van der Waals surface area contributed by atoms with Gasteiger partial charge in [-0.2, -0.15) is 0 Å². The molecule has 6 nitrogen and oxygen atoms in total. The van der Waals surface area contributed by atoms with Crippen LogP contribution in [0.2, 0.25) is 0 Å². The Labute approximate surface area is 210 Å². The maximum absolute atomic E-state index is 13.6. The number of nitrogens with zero attached hydrogens (tertiary/aromatic N) is 2. The second-order valence-corrected chi connectivity index (χ2v) is 11.7. The predicted molar refractivity (Wildman–Crippen MR) is 137 cm³/mol. The van der Waals surface area contributed by atoms with E-state index in [1.807, 2.05) is 12.1 Å². The number of aliphatic hydroxyl groups is 1. The van der Waals surface area contributed by atoms with Gasteiger partial charge in [-0.15, -0.1) is 0 Å². The Morgan fingerprint density at radius 1 is 0.971 bits per heavy atom. The van der Waals surface area contributed by atoms with E-state index < -0.39 is 0 Å². The Morgan fingerprint density at radius 2 is 1.66 bits per heavy atom. The molecule has 0 spiro atoms. The van der Waals surface area contributed by atoms with Crippen molar-refractivity contribution in [2.45, 2.75) is 101 Å². The van der Waals surface area contributed by atoms with Gasteiger partial charge in [0.25, 0.3) is 0 Å². The number of piperidine rings is 1. The molecule has 4 aliphatic rings. The van der Waals surface area contributed by atoms with E-state index in [-0.39, 0.29) is 17.9 Å². The summed E-state index contributed by atoms with van der Waals surface area (Å²) in [7, 11) is 0. The number of amides is 2. The lowest BCUT2D eigenvalue weighted by atomic mass is 9.84. The maximum atomic E-state index is 13.6. The Hall–Kier alpha value is -1.92. The maximum Gasteiger partial charge on any atom is 0.248 e. The molecule has 192 valence electrons. The number of hydrogen-bond acceptors (Lipinski definition) is 4. The summed E-state index contributed by atoms with van der Waals surface area (Å²) >= 11 is 0. The van der Waals surface area contributed by atoms with Gasteiger partial charge in [0.2, 0.25) is 11.8 Å². The number of primary amides is 1. The lowest BCUT2D eigenvalue weighted by Crippen LogP contribution is -2.49. The van der Waals surface area contributed by atoms with Crippen LogP contribution in [0.1, 0.15) is 98.9 Å². The Balaban J connectivity index is 1.21. The van der Waals surface area contributed by atoms with Gasteiger partial charge in [0.15, 0.2) is 0 Å². The van der Waals surface area contributed by atoms with Crippen molar-refractivity contribution in [2.75, 3.05) is 19.6 Å². The van der Waals surface area contributed by atoms with E-state index in [9.17, 15) is 14.7 Å². The molecule has 2 heterocycles. The van der Waals surface area contributed by atoms with Crippen molar-refractivity contribution in [3.8, 4) is 0 Å². The van der Waals surface area contributed by atoms with Gasteiger partial charge in [-0.25, -0.2) is 0 Å². The molecular formula is C29H43N3O3. The van der Waals surface area contributed by atoms with E-state index in [4.69, 9.17) is 5.73 Å². The molecule has 4 fully saturated rings. The average Bonchev–Trinajstić information content (AvgIpc) is 3.46. The number of nitrogens with two attached hydrogens (primary N) is 1. The van der Waals surface area contributed by atoms with E-state index in [1.165, 1.54) is 44.1 Å². The van der Waals surface area contributed by atoms with Gasteiger partial charge in [0.05, 0.1) is 6.10 Å².